The van der Waals surface area contributed by atoms with Gasteiger partial charge in [0.15, 0.2) is 0 Å². The van der Waals surface area contributed by atoms with Crippen LogP contribution in [-0.2, 0) is 4.79 Å². The highest BCUT2D eigenvalue weighted by atomic mass is 16.4. The van der Waals surface area contributed by atoms with E-state index in [1.807, 2.05) is 43.3 Å². The smallest absolute Gasteiger partial charge is 0.337 e. The summed E-state index contributed by atoms with van der Waals surface area (Å²) in [6.45, 7) is 0. The summed E-state index contributed by atoms with van der Waals surface area (Å²) >= 11 is 0. The predicted octanol–water partition coefficient (Wildman–Crippen LogP) is 2.77. The van der Waals surface area contributed by atoms with Crippen LogP contribution in [-0.4, -0.2) is 30.2 Å². The molecule has 1 N–H and O–H groups in total. The van der Waals surface area contributed by atoms with Crippen LogP contribution in [0, 0.1) is 0 Å². The Morgan fingerprint density at radius 2 is 1.85 bits per heavy atom. The molecule has 0 saturated carbocycles. The fourth-order valence-electron chi connectivity index (χ4n) is 1.80. The highest BCUT2D eigenvalue weighted by Gasteiger charge is 2.11. The van der Waals surface area contributed by atoms with Crippen molar-refractivity contribution >= 4 is 23.3 Å². The Labute approximate surface area is 118 Å². The quantitative estimate of drug-likeness (QED) is 0.866. The molecule has 0 bridgehead atoms. The van der Waals surface area contributed by atoms with E-state index in [1.165, 1.54) is 0 Å². The summed E-state index contributed by atoms with van der Waals surface area (Å²) < 4.78 is 0. The molecule has 0 radical (unpaired) electrons. The summed E-state index contributed by atoms with van der Waals surface area (Å²) in [5, 5.41) is 9.31. The number of carbonyl (C=O) groups is 1. The Bertz CT molecular complexity index is 617. The third kappa shape index (κ3) is 3.23. The van der Waals surface area contributed by atoms with Crippen LogP contribution < -0.4 is 4.90 Å². The number of aliphatic carboxylic acids is 1. The van der Waals surface area contributed by atoms with Crippen LogP contribution in [0.25, 0.3) is 11.6 Å². The second-order valence-electron chi connectivity index (χ2n) is 4.56. The summed E-state index contributed by atoms with van der Waals surface area (Å²) in [7, 11) is 3.92. The molecule has 4 nitrogen and oxygen atoms in total. The van der Waals surface area contributed by atoms with Gasteiger partial charge in [0.2, 0.25) is 0 Å². The van der Waals surface area contributed by atoms with Gasteiger partial charge in [-0.15, -0.1) is 0 Å². The van der Waals surface area contributed by atoms with Gasteiger partial charge < -0.3 is 10.0 Å². The topological polar surface area (TPSA) is 53.4 Å². The van der Waals surface area contributed by atoms with E-state index in [1.54, 1.807) is 30.5 Å². The van der Waals surface area contributed by atoms with Crippen LogP contribution in [0.1, 0.15) is 11.3 Å². The molecule has 2 aromatic rings. The first-order chi connectivity index (χ1) is 9.58. The van der Waals surface area contributed by atoms with E-state index in [9.17, 15) is 9.90 Å². The van der Waals surface area contributed by atoms with Gasteiger partial charge >= 0.3 is 5.97 Å². The van der Waals surface area contributed by atoms with Gasteiger partial charge in [0.1, 0.15) is 0 Å². The zero-order chi connectivity index (χ0) is 14.5. The van der Waals surface area contributed by atoms with Crippen molar-refractivity contribution in [3.63, 3.8) is 0 Å². The van der Waals surface area contributed by atoms with Gasteiger partial charge in [-0.05, 0) is 35.9 Å². The molecule has 0 atom stereocenters. The van der Waals surface area contributed by atoms with E-state index < -0.39 is 5.97 Å². The first kappa shape index (κ1) is 13.8. The predicted molar refractivity (Wildman–Crippen MR) is 80.5 cm³/mol. The van der Waals surface area contributed by atoms with Gasteiger partial charge in [0.25, 0.3) is 0 Å². The van der Waals surface area contributed by atoms with E-state index in [0.717, 1.165) is 11.3 Å². The van der Waals surface area contributed by atoms with E-state index in [2.05, 4.69) is 4.98 Å². The van der Waals surface area contributed by atoms with Crippen molar-refractivity contribution < 1.29 is 9.90 Å². The summed E-state index contributed by atoms with van der Waals surface area (Å²) in [6, 6.07) is 12.9. The van der Waals surface area contributed by atoms with Gasteiger partial charge in [-0.25, -0.2) is 4.79 Å². The fourth-order valence-corrected chi connectivity index (χ4v) is 1.80. The average molecular weight is 268 g/mol. The number of pyridine rings is 1. The second-order valence-corrected chi connectivity index (χ2v) is 4.56. The summed E-state index contributed by atoms with van der Waals surface area (Å²) in [6.07, 6.45) is 3.21. The number of carboxylic acids is 1. The molecule has 2 rings (SSSR count). The number of hydrogen-bond acceptors (Lipinski definition) is 3. The first-order valence-corrected chi connectivity index (χ1v) is 6.21. The average Bonchev–Trinajstić information content (AvgIpc) is 2.46. The lowest BCUT2D eigenvalue weighted by Crippen LogP contribution is -2.08. The molecular formula is C16H16N2O2. The number of anilines is 1. The number of benzene rings is 1. The Morgan fingerprint density at radius 3 is 2.35 bits per heavy atom. The highest BCUT2D eigenvalue weighted by Crippen LogP contribution is 2.19. The van der Waals surface area contributed by atoms with Gasteiger partial charge in [0, 0.05) is 26.0 Å². The molecule has 1 aromatic heterocycles. The molecule has 0 aliphatic rings. The zero-order valence-electron chi connectivity index (χ0n) is 11.4. The maximum Gasteiger partial charge on any atom is 0.337 e. The number of aromatic nitrogens is 1. The maximum absolute atomic E-state index is 11.4. The van der Waals surface area contributed by atoms with Crippen molar-refractivity contribution in [2.75, 3.05) is 19.0 Å². The highest BCUT2D eigenvalue weighted by molar-refractivity contribution is 6.20. The summed E-state index contributed by atoms with van der Waals surface area (Å²) in [5.41, 5.74) is 2.54. The van der Waals surface area contributed by atoms with Crippen molar-refractivity contribution in [2.24, 2.45) is 0 Å². The number of rotatable bonds is 4. The van der Waals surface area contributed by atoms with Crippen LogP contribution in [0.15, 0.2) is 48.7 Å². The van der Waals surface area contributed by atoms with Gasteiger partial charge in [-0.3, -0.25) is 4.98 Å². The molecule has 0 unspecified atom stereocenters. The molecule has 4 heteroatoms. The molecule has 0 saturated heterocycles. The Kier molecular flexibility index (Phi) is 4.15. The van der Waals surface area contributed by atoms with Gasteiger partial charge in [-0.2, -0.15) is 0 Å². The minimum Gasteiger partial charge on any atom is -0.478 e. The standard InChI is InChI=1S/C16H16N2O2/c1-18(2)13-8-6-12(7-9-13)11-14(16(19)20)15-5-3-4-10-17-15/h3-11H,1-2H3,(H,19,20)/b14-11+. The van der Waals surface area contributed by atoms with E-state index in [-0.39, 0.29) is 5.57 Å². The molecule has 0 spiro atoms. The van der Waals surface area contributed by atoms with Crippen molar-refractivity contribution in [2.45, 2.75) is 0 Å². The number of carboxylic acid groups (broad SMARTS) is 1. The van der Waals surface area contributed by atoms with E-state index in [0.29, 0.717) is 5.69 Å². The lowest BCUT2D eigenvalue weighted by atomic mass is 10.1. The monoisotopic (exact) mass is 268 g/mol. The summed E-state index contributed by atoms with van der Waals surface area (Å²) in [4.78, 5) is 17.4. The Balaban J connectivity index is 2.37. The molecule has 102 valence electrons. The lowest BCUT2D eigenvalue weighted by molar-refractivity contribution is -0.130. The largest absolute Gasteiger partial charge is 0.478 e. The fraction of sp³-hybridized carbons (Fsp3) is 0.125. The van der Waals surface area contributed by atoms with Crippen LogP contribution in [0.4, 0.5) is 5.69 Å². The number of nitrogens with zero attached hydrogens (tertiary/aromatic N) is 2. The maximum atomic E-state index is 11.4. The SMILES string of the molecule is CN(C)c1ccc(/C=C(/C(=O)O)c2ccccn2)cc1. The third-order valence-electron chi connectivity index (χ3n) is 2.89. The van der Waals surface area contributed by atoms with Crippen LogP contribution >= 0.6 is 0 Å². The zero-order valence-corrected chi connectivity index (χ0v) is 11.4. The number of hydrogen-bond donors (Lipinski definition) is 1. The molecule has 0 amide bonds. The normalized spacial score (nSPS) is 11.2. The van der Waals surface area contributed by atoms with Gasteiger partial charge in [-0.1, -0.05) is 18.2 Å². The van der Waals surface area contributed by atoms with Crippen molar-refractivity contribution in [3.05, 3.63) is 59.9 Å². The first-order valence-electron chi connectivity index (χ1n) is 6.21. The van der Waals surface area contributed by atoms with Crippen molar-refractivity contribution in [3.8, 4) is 0 Å². The van der Waals surface area contributed by atoms with Crippen molar-refractivity contribution in [1.82, 2.24) is 4.98 Å². The summed E-state index contributed by atoms with van der Waals surface area (Å²) in [5.74, 6) is -0.986. The Hall–Kier alpha value is -2.62. The van der Waals surface area contributed by atoms with Crippen LogP contribution in [0.2, 0.25) is 0 Å². The molecule has 0 fully saturated rings. The molecular weight excluding hydrogens is 252 g/mol. The van der Waals surface area contributed by atoms with Crippen LogP contribution in [0.5, 0.6) is 0 Å². The minimum atomic E-state index is -0.986. The van der Waals surface area contributed by atoms with Crippen molar-refractivity contribution in [1.29, 1.82) is 0 Å². The molecule has 1 heterocycles. The molecule has 0 aliphatic heterocycles. The molecule has 0 aliphatic carbocycles. The molecule has 1 aromatic carbocycles. The minimum absolute atomic E-state index is 0.184. The van der Waals surface area contributed by atoms with E-state index >= 15 is 0 Å². The van der Waals surface area contributed by atoms with E-state index in [4.69, 9.17) is 0 Å². The molecule has 20 heavy (non-hydrogen) atoms. The third-order valence-corrected chi connectivity index (χ3v) is 2.89. The Morgan fingerprint density at radius 1 is 1.15 bits per heavy atom. The second kappa shape index (κ2) is 6.02. The van der Waals surface area contributed by atoms with Gasteiger partial charge in [0.05, 0.1) is 11.3 Å². The lowest BCUT2D eigenvalue weighted by Gasteiger charge is -2.12. The van der Waals surface area contributed by atoms with Crippen LogP contribution in [0.3, 0.4) is 0 Å².